The third-order valence-corrected chi connectivity index (χ3v) is 10.5. The van der Waals surface area contributed by atoms with E-state index in [-0.39, 0.29) is 11.5 Å². The van der Waals surface area contributed by atoms with Crippen molar-refractivity contribution in [2.75, 3.05) is 42.5 Å². The maximum absolute atomic E-state index is 11.6. The Hall–Kier alpha value is -7.82. The average molecular weight is 851 g/mol. The number of ether oxygens (including phenoxy) is 3. The third kappa shape index (κ3) is 10.8. The minimum absolute atomic E-state index is 0.226. The molecule has 0 bridgehead atoms. The van der Waals surface area contributed by atoms with Crippen LogP contribution in [-0.4, -0.2) is 58.2 Å². The number of methoxy groups -OCH3 is 1. The summed E-state index contributed by atoms with van der Waals surface area (Å²) in [4.78, 5) is 40.4. The number of aromatic carboxylic acids is 1. The van der Waals surface area contributed by atoms with E-state index in [0.717, 1.165) is 44.2 Å². The number of carboxylic acid groups (broad SMARTS) is 1. The van der Waals surface area contributed by atoms with E-state index in [1.807, 2.05) is 80.8 Å². The maximum Gasteiger partial charge on any atom is 0.337 e. The minimum atomic E-state index is -0.963. The normalized spacial score (nSPS) is 10.4. The molecule has 0 saturated carbocycles. The molecule has 8 aromatic rings. The zero-order valence-corrected chi connectivity index (χ0v) is 34.6. The van der Waals surface area contributed by atoms with Gasteiger partial charge in [-0.25, -0.2) is 29.5 Å². The number of hydrogen-bond acceptors (Lipinski definition) is 15. The Morgan fingerprint density at radius 1 is 0.574 bits per heavy atom. The van der Waals surface area contributed by atoms with E-state index >= 15 is 0 Å². The number of pyridine rings is 2. The molecular weight excluding hydrogens is 813 g/mol. The molecule has 0 unspecified atom stereocenters. The lowest BCUT2D eigenvalue weighted by molar-refractivity contribution is 0.0599. The maximum atomic E-state index is 11.6. The van der Waals surface area contributed by atoms with Gasteiger partial charge in [0, 0.05) is 61.1 Å². The lowest BCUT2D eigenvalue weighted by Crippen LogP contribution is -2.01. The molecule has 0 spiro atoms. The first-order chi connectivity index (χ1) is 29.8. The third-order valence-electron chi connectivity index (χ3n) is 8.58. The van der Waals surface area contributed by atoms with Crippen LogP contribution in [0.2, 0.25) is 0 Å². The van der Waals surface area contributed by atoms with Crippen LogP contribution in [0.25, 0.3) is 22.5 Å². The molecule has 5 N–H and O–H groups in total. The monoisotopic (exact) mass is 850 g/mol. The summed E-state index contributed by atoms with van der Waals surface area (Å²) in [6, 6.07) is 40.3. The second-order valence-corrected chi connectivity index (χ2v) is 14.6. The van der Waals surface area contributed by atoms with Crippen molar-refractivity contribution in [3.63, 3.8) is 0 Å². The van der Waals surface area contributed by atoms with E-state index in [2.05, 4.69) is 41.2 Å². The fourth-order valence-electron chi connectivity index (χ4n) is 5.62. The van der Waals surface area contributed by atoms with Gasteiger partial charge in [0.2, 0.25) is 10.1 Å². The van der Waals surface area contributed by atoms with Crippen molar-refractivity contribution in [2.45, 2.75) is 0 Å². The summed E-state index contributed by atoms with van der Waals surface area (Å²) >= 11 is 2.86. The van der Waals surface area contributed by atoms with E-state index in [1.165, 1.54) is 41.9 Å². The Bertz CT molecular complexity index is 2710. The van der Waals surface area contributed by atoms with Crippen LogP contribution >= 0.6 is 22.7 Å². The Morgan fingerprint density at radius 2 is 1.00 bits per heavy atom. The van der Waals surface area contributed by atoms with Gasteiger partial charge in [0.25, 0.3) is 0 Å². The summed E-state index contributed by atoms with van der Waals surface area (Å²) in [5.74, 6) is 1.10. The van der Waals surface area contributed by atoms with Gasteiger partial charge in [-0.15, -0.1) is 0 Å². The molecule has 0 saturated heterocycles. The zero-order valence-electron chi connectivity index (χ0n) is 33.0. The summed E-state index contributed by atoms with van der Waals surface area (Å²) in [5, 5.41) is 24.4. The van der Waals surface area contributed by atoms with Crippen LogP contribution in [0.5, 0.6) is 21.6 Å². The first kappa shape index (κ1) is 41.3. The number of carbonyl (C=O) groups excluding carboxylic acids is 1. The SMILES string of the molecule is CNc1nc(-c2ccccc2)c(Oc2ccnc(Nc3ccc(C(=O)O)cc3)c2)s1.CNc1nc(-c2ccccc2)c(Oc2ccnc(Nc3ccc(C(=O)OC)cc3)c2)s1. The molecule has 0 radical (unpaired) electrons. The van der Waals surface area contributed by atoms with E-state index < -0.39 is 5.97 Å². The molecule has 14 nitrogen and oxygen atoms in total. The van der Waals surface area contributed by atoms with E-state index in [4.69, 9.17) is 19.3 Å². The van der Waals surface area contributed by atoms with Gasteiger partial charge in [-0.05, 0) is 60.7 Å². The highest BCUT2D eigenvalue weighted by Crippen LogP contribution is 2.42. The minimum Gasteiger partial charge on any atom is -0.478 e. The van der Waals surface area contributed by atoms with Crippen LogP contribution < -0.4 is 30.7 Å². The first-order valence-corrected chi connectivity index (χ1v) is 20.2. The smallest absolute Gasteiger partial charge is 0.337 e. The highest BCUT2D eigenvalue weighted by Gasteiger charge is 2.17. The molecule has 306 valence electrons. The molecule has 0 aliphatic rings. The Morgan fingerprint density at radius 3 is 1.39 bits per heavy atom. The summed E-state index contributed by atoms with van der Waals surface area (Å²) in [6.07, 6.45) is 3.31. The van der Waals surface area contributed by atoms with Crippen molar-refractivity contribution in [3.8, 4) is 44.1 Å². The molecule has 0 amide bonds. The molecule has 0 atom stereocenters. The number of aromatic nitrogens is 4. The van der Waals surface area contributed by atoms with E-state index in [1.54, 1.807) is 67.0 Å². The van der Waals surface area contributed by atoms with Crippen molar-refractivity contribution >= 4 is 67.9 Å². The Kier molecular flexibility index (Phi) is 13.4. The number of esters is 1. The van der Waals surface area contributed by atoms with Crippen LogP contribution in [0.3, 0.4) is 0 Å². The highest BCUT2D eigenvalue weighted by atomic mass is 32.1. The van der Waals surface area contributed by atoms with Gasteiger partial charge >= 0.3 is 11.9 Å². The molecule has 8 rings (SSSR count). The largest absolute Gasteiger partial charge is 0.478 e. The van der Waals surface area contributed by atoms with Gasteiger partial charge in [-0.1, -0.05) is 83.3 Å². The Labute approximate surface area is 358 Å². The predicted octanol–water partition coefficient (Wildman–Crippen LogP) is 11.1. The van der Waals surface area contributed by atoms with Crippen LogP contribution in [0, 0.1) is 0 Å². The predicted molar refractivity (Wildman–Crippen MR) is 241 cm³/mol. The number of carbonyl (C=O) groups is 2. The first-order valence-electron chi connectivity index (χ1n) is 18.6. The van der Waals surface area contributed by atoms with Crippen molar-refractivity contribution in [1.29, 1.82) is 0 Å². The zero-order chi connectivity index (χ0) is 42.6. The molecule has 0 aliphatic heterocycles. The molecule has 4 aromatic carbocycles. The number of nitrogens with zero attached hydrogens (tertiary/aromatic N) is 4. The van der Waals surface area contributed by atoms with Gasteiger partial charge in [0.05, 0.1) is 18.2 Å². The molecule has 16 heteroatoms. The van der Waals surface area contributed by atoms with E-state index in [0.29, 0.717) is 38.8 Å². The summed E-state index contributed by atoms with van der Waals surface area (Å²) < 4.78 is 17.0. The van der Waals surface area contributed by atoms with Gasteiger partial charge in [-0.2, -0.15) is 0 Å². The lowest BCUT2D eigenvalue weighted by Gasteiger charge is -2.09. The summed E-state index contributed by atoms with van der Waals surface area (Å²) in [7, 11) is 5.01. The molecular formula is C45H38N8O6S2. The summed E-state index contributed by atoms with van der Waals surface area (Å²) in [5.41, 5.74) is 5.72. The van der Waals surface area contributed by atoms with Gasteiger partial charge < -0.3 is 40.6 Å². The van der Waals surface area contributed by atoms with Crippen molar-refractivity contribution in [2.24, 2.45) is 0 Å². The number of benzene rings is 4. The number of hydrogen-bond donors (Lipinski definition) is 5. The number of anilines is 6. The van der Waals surface area contributed by atoms with Crippen molar-refractivity contribution in [1.82, 2.24) is 19.9 Å². The number of rotatable bonds is 14. The lowest BCUT2D eigenvalue weighted by atomic mass is 10.2. The topological polar surface area (TPSA) is 182 Å². The standard InChI is InChI=1S/C23H20N4O3S.C22H18N4O3S/c1-24-23-27-20(15-6-4-3-5-7-15)22(31-23)30-18-12-13-25-19(14-18)26-17-10-8-16(9-11-17)21(28)29-2;1-23-22-26-19(14-5-3-2-4-6-14)21(30-22)29-17-11-12-24-18(13-17)25-16-9-7-15(8-10-16)20(27)28/h3-14H,1-2H3,(H,24,27)(H,25,26);2-13H,1H3,(H,23,26)(H,24,25)(H,27,28). The van der Waals surface area contributed by atoms with Crippen LogP contribution in [0.4, 0.5) is 33.3 Å². The second-order valence-electron chi connectivity index (χ2n) is 12.7. The van der Waals surface area contributed by atoms with Gasteiger partial charge in [0.15, 0.2) is 10.3 Å². The Balaban J connectivity index is 0.000000184. The van der Waals surface area contributed by atoms with Gasteiger partial charge in [0.1, 0.15) is 34.5 Å². The molecule has 61 heavy (non-hydrogen) atoms. The molecule has 0 fully saturated rings. The summed E-state index contributed by atoms with van der Waals surface area (Å²) in [6.45, 7) is 0. The number of thiazole rings is 2. The van der Waals surface area contributed by atoms with Crippen LogP contribution in [0.1, 0.15) is 20.7 Å². The quantitative estimate of drug-likeness (QED) is 0.0652. The van der Waals surface area contributed by atoms with Crippen LogP contribution in [-0.2, 0) is 4.74 Å². The van der Waals surface area contributed by atoms with E-state index in [9.17, 15) is 9.59 Å². The highest BCUT2D eigenvalue weighted by molar-refractivity contribution is 7.18. The van der Waals surface area contributed by atoms with Crippen LogP contribution in [0.15, 0.2) is 146 Å². The second kappa shape index (κ2) is 19.8. The number of nitrogens with one attached hydrogen (secondary N) is 4. The fourth-order valence-corrected chi connectivity index (χ4v) is 7.25. The van der Waals surface area contributed by atoms with Gasteiger partial charge in [-0.3, -0.25) is 0 Å². The fraction of sp³-hybridized carbons (Fsp3) is 0.0667. The number of carboxylic acids is 1. The molecule has 4 aromatic heterocycles. The van der Waals surface area contributed by atoms with Crippen molar-refractivity contribution < 1.29 is 28.9 Å². The molecule has 0 aliphatic carbocycles. The van der Waals surface area contributed by atoms with Crippen molar-refractivity contribution in [3.05, 3.63) is 157 Å². The molecule has 4 heterocycles. The average Bonchev–Trinajstić information content (AvgIpc) is 3.91.